The van der Waals surface area contributed by atoms with Crippen molar-refractivity contribution in [1.82, 2.24) is 14.9 Å². The maximum absolute atomic E-state index is 14.5. The number of nitrogens with one attached hydrogen (secondary N) is 1. The molecule has 3 heterocycles. The summed E-state index contributed by atoms with van der Waals surface area (Å²) in [7, 11) is 0. The SMILES string of the molecule is C[C@H]1CCN(c2ncnc(N)c2F)C[C@@H]1N1CCCC(Nc2cc(F)cc(Cl)c2)C1=O. The van der Waals surface area contributed by atoms with E-state index < -0.39 is 17.7 Å². The fourth-order valence-corrected chi connectivity index (χ4v) is 4.66. The maximum atomic E-state index is 14.5. The lowest BCUT2D eigenvalue weighted by Gasteiger charge is -2.46. The number of likely N-dealkylation sites (tertiary alicyclic amines) is 1. The number of rotatable bonds is 4. The topological polar surface area (TPSA) is 87.4 Å². The van der Waals surface area contributed by atoms with Crippen molar-refractivity contribution in [3.63, 3.8) is 0 Å². The van der Waals surface area contributed by atoms with Crippen molar-refractivity contribution in [3.05, 3.63) is 41.2 Å². The first-order chi connectivity index (χ1) is 14.8. The molecule has 2 saturated heterocycles. The number of carbonyl (C=O) groups excluding carboxylic acids is 1. The third kappa shape index (κ3) is 4.51. The molecule has 1 amide bonds. The van der Waals surface area contributed by atoms with E-state index in [0.717, 1.165) is 12.8 Å². The molecule has 10 heteroatoms. The summed E-state index contributed by atoms with van der Waals surface area (Å²) < 4.78 is 28.2. The van der Waals surface area contributed by atoms with E-state index >= 15 is 0 Å². The van der Waals surface area contributed by atoms with Gasteiger partial charge in [0.15, 0.2) is 11.6 Å². The average Bonchev–Trinajstić information content (AvgIpc) is 2.72. The lowest BCUT2D eigenvalue weighted by atomic mass is 9.89. The van der Waals surface area contributed by atoms with Gasteiger partial charge in [0.05, 0.1) is 6.04 Å². The summed E-state index contributed by atoms with van der Waals surface area (Å²) in [5.74, 6) is -0.927. The largest absolute Gasteiger partial charge is 0.381 e. The normalized spacial score (nSPS) is 24.4. The quantitative estimate of drug-likeness (QED) is 0.743. The molecule has 0 aliphatic carbocycles. The lowest BCUT2D eigenvalue weighted by molar-refractivity contribution is -0.138. The molecule has 2 fully saturated rings. The lowest BCUT2D eigenvalue weighted by Crippen LogP contribution is -2.59. The first kappa shape index (κ1) is 21.5. The zero-order chi connectivity index (χ0) is 22.1. The predicted octanol–water partition coefficient (Wildman–Crippen LogP) is 3.31. The molecule has 7 nitrogen and oxygen atoms in total. The minimum atomic E-state index is -0.636. The van der Waals surface area contributed by atoms with Crippen LogP contribution in [0.1, 0.15) is 26.2 Å². The molecule has 0 bridgehead atoms. The Morgan fingerprint density at radius 2 is 2.00 bits per heavy atom. The Hall–Kier alpha value is -2.68. The van der Waals surface area contributed by atoms with E-state index in [9.17, 15) is 13.6 Å². The number of nitrogen functional groups attached to an aromatic ring is 1. The van der Waals surface area contributed by atoms with Crippen LogP contribution in [0.15, 0.2) is 24.5 Å². The number of benzene rings is 1. The fourth-order valence-electron chi connectivity index (χ4n) is 4.44. The van der Waals surface area contributed by atoms with Crippen LogP contribution in [0, 0.1) is 17.6 Å². The van der Waals surface area contributed by atoms with Gasteiger partial charge in [0.25, 0.3) is 0 Å². The van der Waals surface area contributed by atoms with Gasteiger partial charge in [-0.1, -0.05) is 18.5 Å². The minimum Gasteiger partial charge on any atom is -0.381 e. The Kier molecular flexibility index (Phi) is 6.13. The Morgan fingerprint density at radius 3 is 2.77 bits per heavy atom. The van der Waals surface area contributed by atoms with Gasteiger partial charge in [-0.2, -0.15) is 4.39 Å². The molecular weight excluding hydrogens is 426 g/mol. The van der Waals surface area contributed by atoms with Crippen molar-refractivity contribution in [1.29, 1.82) is 0 Å². The second-order valence-corrected chi connectivity index (χ2v) is 8.64. The number of carbonyl (C=O) groups is 1. The van der Waals surface area contributed by atoms with Crippen molar-refractivity contribution >= 4 is 34.8 Å². The average molecular weight is 451 g/mol. The second-order valence-electron chi connectivity index (χ2n) is 8.20. The van der Waals surface area contributed by atoms with Gasteiger partial charge in [-0.05, 0) is 43.4 Å². The predicted molar refractivity (Wildman–Crippen MR) is 116 cm³/mol. The van der Waals surface area contributed by atoms with E-state index in [2.05, 4.69) is 22.2 Å². The standard InChI is InChI=1S/C21H25ClF2N6O/c1-12-4-6-29(20-18(24)19(25)26-11-27-20)10-17(12)30-5-2-3-16(21(30)31)28-15-8-13(22)7-14(23)9-15/h7-9,11-12,16-17,28H,2-6,10H2,1H3,(H2,25,26,27)/t12-,16?,17-/m0/s1. The third-order valence-electron chi connectivity index (χ3n) is 6.09. The van der Waals surface area contributed by atoms with Crippen LogP contribution in [-0.2, 0) is 4.79 Å². The zero-order valence-corrected chi connectivity index (χ0v) is 17.9. The third-order valence-corrected chi connectivity index (χ3v) is 6.31. The van der Waals surface area contributed by atoms with Crippen molar-refractivity contribution in [3.8, 4) is 0 Å². The van der Waals surface area contributed by atoms with E-state index in [4.69, 9.17) is 17.3 Å². The fraction of sp³-hybridized carbons (Fsp3) is 0.476. The van der Waals surface area contributed by atoms with Gasteiger partial charge >= 0.3 is 0 Å². The molecule has 166 valence electrons. The van der Waals surface area contributed by atoms with Crippen LogP contribution < -0.4 is 16.0 Å². The van der Waals surface area contributed by atoms with E-state index in [1.54, 1.807) is 6.07 Å². The molecular formula is C21H25ClF2N6O. The van der Waals surface area contributed by atoms with Crippen molar-refractivity contribution < 1.29 is 13.6 Å². The van der Waals surface area contributed by atoms with E-state index in [-0.39, 0.29) is 34.5 Å². The van der Waals surface area contributed by atoms with Gasteiger partial charge in [-0.3, -0.25) is 4.79 Å². The van der Waals surface area contributed by atoms with Gasteiger partial charge in [-0.15, -0.1) is 0 Å². The van der Waals surface area contributed by atoms with Gasteiger partial charge in [-0.25, -0.2) is 14.4 Å². The Balaban J connectivity index is 1.51. The molecule has 31 heavy (non-hydrogen) atoms. The number of nitrogens with zero attached hydrogens (tertiary/aromatic N) is 4. The number of nitrogens with two attached hydrogens (primary N) is 1. The molecule has 1 unspecified atom stereocenters. The number of halogens is 3. The molecule has 3 N–H and O–H groups in total. The number of aromatic nitrogens is 2. The van der Waals surface area contributed by atoms with Crippen LogP contribution >= 0.6 is 11.6 Å². The maximum Gasteiger partial charge on any atom is 0.245 e. The van der Waals surface area contributed by atoms with Crippen molar-refractivity contribution in [2.75, 3.05) is 35.6 Å². The first-order valence-electron chi connectivity index (χ1n) is 10.4. The van der Waals surface area contributed by atoms with E-state index in [1.165, 1.54) is 18.5 Å². The summed E-state index contributed by atoms with van der Waals surface area (Å²) >= 11 is 5.94. The van der Waals surface area contributed by atoms with E-state index in [0.29, 0.717) is 31.7 Å². The first-order valence-corrected chi connectivity index (χ1v) is 10.8. The molecule has 0 saturated carbocycles. The second kappa shape index (κ2) is 8.82. The van der Waals surface area contributed by atoms with Gasteiger partial charge in [0.1, 0.15) is 18.2 Å². The van der Waals surface area contributed by atoms with Crippen molar-refractivity contribution in [2.24, 2.45) is 5.92 Å². The summed E-state index contributed by atoms with van der Waals surface area (Å²) in [4.78, 5) is 24.8. The molecule has 3 atom stereocenters. The summed E-state index contributed by atoms with van der Waals surface area (Å²) in [6.07, 6.45) is 3.49. The van der Waals surface area contributed by atoms with Crippen LogP contribution in [0.3, 0.4) is 0 Å². The monoisotopic (exact) mass is 450 g/mol. The number of piperidine rings is 2. The van der Waals surface area contributed by atoms with Gasteiger partial charge in [0, 0.05) is 30.3 Å². The minimum absolute atomic E-state index is 0.0481. The smallest absolute Gasteiger partial charge is 0.245 e. The van der Waals surface area contributed by atoms with Gasteiger partial charge < -0.3 is 20.9 Å². The summed E-state index contributed by atoms with van der Waals surface area (Å²) in [6, 6.07) is 3.58. The summed E-state index contributed by atoms with van der Waals surface area (Å²) in [5.41, 5.74) is 6.08. The Bertz CT molecular complexity index is 957. The molecule has 1 aromatic heterocycles. The summed E-state index contributed by atoms with van der Waals surface area (Å²) in [6.45, 7) is 3.80. The molecule has 4 rings (SSSR count). The van der Waals surface area contributed by atoms with Crippen LogP contribution in [0.5, 0.6) is 0 Å². The Morgan fingerprint density at radius 1 is 1.19 bits per heavy atom. The highest BCUT2D eigenvalue weighted by molar-refractivity contribution is 6.30. The number of hydrogen-bond acceptors (Lipinski definition) is 6. The van der Waals surface area contributed by atoms with Crippen molar-refractivity contribution in [2.45, 2.75) is 38.3 Å². The molecule has 2 aliphatic heterocycles. The van der Waals surface area contributed by atoms with Crippen LogP contribution in [-0.4, -0.2) is 52.5 Å². The molecule has 0 radical (unpaired) electrons. The summed E-state index contributed by atoms with van der Waals surface area (Å²) in [5, 5.41) is 3.40. The number of amides is 1. The number of anilines is 3. The van der Waals surface area contributed by atoms with Gasteiger partial charge in [0.2, 0.25) is 11.7 Å². The van der Waals surface area contributed by atoms with Crippen LogP contribution in [0.25, 0.3) is 0 Å². The zero-order valence-electron chi connectivity index (χ0n) is 17.2. The van der Waals surface area contributed by atoms with Crippen LogP contribution in [0.4, 0.5) is 26.1 Å². The highest BCUT2D eigenvalue weighted by atomic mass is 35.5. The molecule has 2 aromatic rings. The molecule has 0 spiro atoms. The number of hydrogen-bond donors (Lipinski definition) is 2. The van der Waals surface area contributed by atoms with Crippen LogP contribution in [0.2, 0.25) is 5.02 Å². The highest BCUT2D eigenvalue weighted by Gasteiger charge is 2.39. The van der Waals surface area contributed by atoms with E-state index in [1.807, 2.05) is 9.80 Å². The Labute approximate surface area is 184 Å². The molecule has 2 aliphatic rings. The highest BCUT2D eigenvalue weighted by Crippen LogP contribution is 2.30. The molecule has 1 aromatic carbocycles.